The lowest BCUT2D eigenvalue weighted by molar-refractivity contribution is -0.136. The third kappa shape index (κ3) is 6.29. The molecule has 15 heteroatoms. The Bertz CT molecular complexity index is 2320. The van der Waals surface area contributed by atoms with Crippen molar-refractivity contribution < 1.29 is 47.2 Å². The second-order valence-electron chi connectivity index (χ2n) is 12.4. The average molecular weight is 715 g/mol. The molecule has 6 rings (SSSR count). The van der Waals surface area contributed by atoms with E-state index in [1.807, 2.05) is 4.57 Å². The van der Waals surface area contributed by atoms with Gasteiger partial charge in [-0.3, -0.25) is 0 Å². The Morgan fingerprint density at radius 2 is 1.25 bits per heavy atom. The van der Waals surface area contributed by atoms with Crippen molar-refractivity contribution in [2.75, 3.05) is 21.3 Å². The Balaban J connectivity index is 1.70. The summed E-state index contributed by atoms with van der Waals surface area (Å²) in [5.41, 5.74) is 20.2. The van der Waals surface area contributed by atoms with Crippen LogP contribution < -0.4 is 51.2 Å². The number of fused-ring (bicyclic) bond motifs is 7. The highest BCUT2D eigenvalue weighted by Crippen LogP contribution is 2.50. The van der Waals surface area contributed by atoms with Crippen molar-refractivity contribution >= 4 is 39.8 Å². The SMILES string of the molecule is COc1cc(-c2c3n(c4c(=O)oc5cc(OC(=O)[C@H](C)N)c(OC)cc5c24)CCc2cc(OC(=O)[C@H](C)N)c(OC)cc2-3)ccc1OC(=O)[C@H](C)N. The molecule has 0 bridgehead atoms. The summed E-state index contributed by atoms with van der Waals surface area (Å²) in [6, 6.07) is 8.79. The zero-order chi connectivity index (χ0) is 37.6. The van der Waals surface area contributed by atoms with E-state index in [2.05, 4.69) is 0 Å². The number of rotatable bonds is 10. The van der Waals surface area contributed by atoms with Crippen LogP contribution in [0.4, 0.5) is 0 Å². The number of hydrogen-bond donors (Lipinski definition) is 3. The molecule has 0 saturated heterocycles. The molecule has 6 N–H and O–H groups in total. The van der Waals surface area contributed by atoms with E-state index >= 15 is 0 Å². The molecule has 3 atom stereocenters. The maximum Gasteiger partial charge on any atom is 0.361 e. The first-order chi connectivity index (χ1) is 24.8. The smallest absolute Gasteiger partial charge is 0.361 e. The summed E-state index contributed by atoms with van der Waals surface area (Å²) in [6.07, 6.45) is 0.445. The highest BCUT2D eigenvalue weighted by atomic mass is 16.6. The van der Waals surface area contributed by atoms with Crippen LogP contribution in [0.2, 0.25) is 0 Å². The van der Waals surface area contributed by atoms with E-state index in [0.717, 1.165) is 5.56 Å². The van der Waals surface area contributed by atoms with Gasteiger partial charge in [-0.25, -0.2) is 19.2 Å². The van der Waals surface area contributed by atoms with Crippen molar-refractivity contribution in [2.24, 2.45) is 17.2 Å². The number of nitrogens with zero attached hydrogens (tertiary/aromatic N) is 1. The highest BCUT2D eigenvalue weighted by Gasteiger charge is 2.32. The van der Waals surface area contributed by atoms with Crippen molar-refractivity contribution in [1.82, 2.24) is 4.57 Å². The van der Waals surface area contributed by atoms with Gasteiger partial charge in [0.05, 0.1) is 27.0 Å². The van der Waals surface area contributed by atoms with Crippen LogP contribution in [0.1, 0.15) is 26.3 Å². The van der Waals surface area contributed by atoms with Crippen LogP contribution in [-0.4, -0.2) is 61.9 Å². The lowest BCUT2D eigenvalue weighted by atomic mass is 9.91. The summed E-state index contributed by atoms with van der Waals surface area (Å²) in [5.74, 6) is -0.995. The Morgan fingerprint density at radius 3 is 1.83 bits per heavy atom. The summed E-state index contributed by atoms with van der Waals surface area (Å²) in [4.78, 5) is 51.4. The van der Waals surface area contributed by atoms with Crippen molar-refractivity contribution in [3.63, 3.8) is 0 Å². The topological polar surface area (TPSA) is 220 Å². The second-order valence-corrected chi connectivity index (χ2v) is 12.4. The van der Waals surface area contributed by atoms with Crippen LogP contribution in [0.25, 0.3) is 44.3 Å². The molecule has 5 aromatic rings. The Morgan fingerprint density at radius 1 is 0.712 bits per heavy atom. The van der Waals surface area contributed by atoms with Gasteiger partial charge in [-0.1, -0.05) is 6.07 Å². The molecule has 1 aliphatic heterocycles. The number of aromatic nitrogens is 1. The molecule has 0 aliphatic carbocycles. The first kappa shape index (κ1) is 35.9. The normalized spacial score (nSPS) is 13.8. The number of carbonyl (C=O) groups excluding carboxylic acids is 3. The van der Waals surface area contributed by atoms with Gasteiger partial charge in [0.25, 0.3) is 0 Å². The molecule has 0 radical (unpaired) electrons. The molecule has 0 fully saturated rings. The summed E-state index contributed by atoms with van der Waals surface area (Å²) in [6.45, 7) is 4.84. The molecule has 272 valence electrons. The minimum absolute atomic E-state index is 0.0104. The molecule has 3 heterocycles. The molecule has 52 heavy (non-hydrogen) atoms. The van der Waals surface area contributed by atoms with E-state index in [9.17, 15) is 19.2 Å². The van der Waals surface area contributed by atoms with E-state index in [4.69, 9.17) is 50.0 Å². The highest BCUT2D eigenvalue weighted by molar-refractivity contribution is 6.17. The van der Waals surface area contributed by atoms with Gasteiger partial charge in [0.15, 0.2) is 34.5 Å². The third-order valence-corrected chi connectivity index (χ3v) is 8.64. The van der Waals surface area contributed by atoms with Crippen LogP contribution in [0, 0.1) is 0 Å². The number of benzene rings is 3. The molecule has 2 aromatic heterocycles. The van der Waals surface area contributed by atoms with Gasteiger partial charge in [0.2, 0.25) is 0 Å². The van der Waals surface area contributed by atoms with E-state index in [1.54, 1.807) is 36.4 Å². The van der Waals surface area contributed by atoms with E-state index < -0.39 is 41.7 Å². The average Bonchev–Trinajstić information content (AvgIpc) is 3.47. The summed E-state index contributed by atoms with van der Waals surface area (Å²) < 4.78 is 41.3. The maximum atomic E-state index is 14.0. The predicted molar refractivity (Wildman–Crippen MR) is 190 cm³/mol. The fraction of sp³-hybridized carbons (Fsp3) is 0.297. The van der Waals surface area contributed by atoms with Gasteiger partial charge >= 0.3 is 23.5 Å². The van der Waals surface area contributed by atoms with Gasteiger partial charge in [-0.15, -0.1) is 0 Å². The summed E-state index contributed by atoms with van der Waals surface area (Å²) in [7, 11) is 4.29. The number of esters is 3. The zero-order valence-corrected chi connectivity index (χ0v) is 29.4. The Kier molecular flexibility index (Phi) is 9.68. The summed E-state index contributed by atoms with van der Waals surface area (Å²) in [5, 5.41) is 0.956. The van der Waals surface area contributed by atoms with Gasteiger partial charge in [0.1, 0.15) is 29.2 Å². The number of nitrogens with two attached hydrogens (primary N) is 3. The van der Waals surface area contributed by atoms with Crippen LogP contribution >= 0.6 is 0 Å². The lowest BCUT2D eigenvalue weighted by Crippen LogP contribution is -2.31. The number of hydrogen-bond acceptors (Lipinski definition) is 14. The summed E-state index contributed by atoms with van der Waals surface area (Å²) >= 11 is 0. The quantitative estimate of drug-likeness (QED) is 0.107. The number of methoxy groups -OCH3 is 3. The van der Waals surface area contributed by atoms with Crippen molar-refractivity contribution in [3.05, 3.63) is 58.4 Å². The Labute approximate surface area is 297 Å². The first-order valence-corrected chi connectivity index (χ1v) is 16.3. The van der Waals surface area contributed by atoms with Gasteiger partial charge in [0, 0.05) is 34.5 Å². The second kappa shape index (κ2) is 14.0. The first-order valence-electron chi connectivity index (χ1n) is 16.3. The van der Waals surface area contributed by atoms with Crippen LogP contribution in [0.3, 0.4) is 0 Å². The number of ether oxygens (including phenoxy) is 6. The van der Waals surface area contributed by atoms with Crippen LogP contribution in [0.15, 0.2) is 51.7 Å². The molecule has 1 aliphatic rings. The third-order valence-electron chi connectivity index (χ3n) is 8.64. The molecular formula is C37H38N4O11. The largest absolute Gasteiger partial charge is 0.493 e. The van der Waals surface area contributed by atoms with E-state index in [0.29, 0.717) is 46.1 Å². The van der Waals surface area contributed by atoms with Crippen molar-refractivity contribution in [2.45, 2.75) is 51.9 Å². The van der Waals surface area contributed by atoms with Crippen LogP contribution in [-0.2, 0) is 27.3 Å². The fourth-order valence-corrected chi connectivity index (χ4v) is 6.10. The van der Waals surface area contributed by atoms with Gasteiger partial charge < -0.3 is 54.6 Å². The molecular weight excluding hydrogens is 676 g/mol. The molecule has 0 unspecified atom stereocenters. The minimum atomic E-state index is -0.926. The lowest BCUT2D eigenvalue weighted by Gasteiger charge is -2.23. The predicted octanol–water partition coefficient (Wildman–Crippen LogP) is 3.42. The van der Waals surface area contributed by atoms with E-state index in [1.165, 1.54) is 48.2 Å². The zero-order valence-electron chi connectivity index (χ0n) is 29.4. The standard InChI is InChI=1S/C37H38N4O11/c1-16(38)34(42)49-23-8-7-20(12-25(23)46-4)30-31-22-14-27(48-6)29(52-36(44)18(3)40)15-24(22)50-37(45)33(31)41-10-9-19-11-28(51-35(43)17(2)39)26(47-5)13-21(19)32(30)41/h7-8,11-18H,9-10,38-40H2,1-6H3/t16-,17-,18-/m0/s1. The van der Waals surface area contributed by atoms with Gasteiger partial charge in [-0.05, 0) is 68.7 Å². The van der Waals surface area contributed by atoms with Crippen molar-refractivity contribution in [3.8, 4) is 56.9 Å². The Hall–Kier alpha value is -5.90. The molecule has 0 saturated carbocycles. The number of aryl methyl sites for hydroxylation is 2. The number of carbonyl (C=O) groups is 3. The molecule has 3 aromatic carbocycles. The van der Waals surface area contributed by atoms with Crippen molar-refractivity contribution in [1.29, 1.82) is 0 Å². The van der Waals surface area contributed by atoms with E-state index in [-0.39, 0.29) is 45.6 Å². The molecule has 15 nitrogen and oxygen atoms in total. The molecule has 0 amide bonds. The maximum absolute atomic E-state index is 14.0. The molecule has 0 spiro atoms. The van der Waals surface area contributed by atoms with Crippen LogP contribution in [0.5, 0.6) is 34.5 Å². The van der Waals surface area contributed by atoms with Gasteiger partial charge in [-0.2, -0.15) is 0 Å². The monoisotopic (exact) mass is 714 g/mol. The minimum Gasteiger partial charge on any atom is -0.493 e. The fourth-order valence-electron chi connectivity index (χ4n) is 6.10.